The molecule has 1 atom stereocenters. The van der Waals surface area contributed by atoms with Crippen molar-refractivity contribution in [2.45, 2.75) is 32.7 Å². The molecule has 0 saturated carbocycles. The number of ether oxygens (including phenoxy) is 1. The van der Waals surface area contributed by atoms with Crippen LogP contribution in [0.25, 0.3) is 0 Å². The molecule has 0 fully saturated rings. The third-order valence-electron chi connectivity index (χ3n) is 1.62. The van der Waals surface area contributed by atoms with Gasteiger partial charge < -0.3 is 15.2 Å². The van der Waals surface area contributed by atoms with E-state index in [-0.39, 0.29) is 12.5 Å². The number of hydrogen-bond acceptors (Lipinski definition) is 3. The summed E-state index contributed by atoms with van der Waals surface area (Å²) in [7, 11) is 0. The maximum atomic E-state index is 11.1. The lowest BCUT2D eigenvalue weighted by molar-refractivity contribution is -0.142. The van der Waals surface area contributed by atoms with Crippen molar-refractivity contribution in [2.75, 3.05) is 13.2 Å². The molecular formula is C9H17NO4. The lowest BCUT2D eigenvalue weighted by atomic mass is 10.2. The highest BCUT2D eigenvalue weighted by molar-refractivity contribution is 5.84. The van der Waals surface area contributed by atoms with Crippen molar-refractivity contribution in [2.24, 2.45) is 0 Å². The molecule has 0 aliphatic rings. The highest BCUT2D eigenvalue weighted by Gasteiger charge is 2.16. The van der Waals surface area contributed by atoms with Crippen molar-refractivity contribution in [3.8, 4) is 0 Å². The molecule has 0 radical (unpaired) electrons. The Morgan fingerprint density at radius 1 is 1.43 bits per heavy atom. The standard InChI is InChI=1S/C9H17NO4/c1-3-5-14-6-8(11)10-7(4-2)9(12)13/h7H,3-6H2,1-2H3,(H,10,11)(H,12,13). The molecule has 5 nitrogen and oxygen atoms in total. The number of nitrogens with one attached hydrogen (secondary N) is 1. The van der Waals surface area contributed by atoms with Crippen LogP contribution in [-0.4, -0.2) is 36.2 Å². The van der Waals surface area contributed by atoms with Gasteiger partial charge in [-0.1, -0.05) is 13.8 Å². The topological polar surface area (TPSA) is 75.6 Å². The minimum Gasteiger partial charge on any atom is -0.480 e. The molecule has 0 saturated heterocycles. The molecule has 0 bridgehead atoms. The van der Waals surface area contributed by atoms with E-state index in [9.17, 15) is 9.59 Å². The number of amides is 1. The molecular weight excluding hydrogens is 186 g/mol. The summed E-state index contributed by atoms with van der Waals surface area (Å²) in [6.45, 7) is 4.07. The van der Waals surface area contributed by atoms with Crippen LogP contribution in [0, 0.1) is 0 Å². The number of hydrogen-bond donors (Lipinski definition) is 2. The van der Waals surface area contributed by atoms with E-state index in [4.69, 9.17) is 9.84 Å². The summed E-state index contributed by atoms with van der Waals surface area (Å²) in [5, 5.41) is 11.0. The summed E-state index contributed by atoms with van der Waals surface area (Å²) in [6.07, 6.45) is 1.21. The van der Waals surface area contributed by atoms with Crippen LogP contribution in [0.1, 0.15) is 26.7 Å². The fraction of sp³-hybridized carbons (Fsp3) is 0.778. The van der Waals surface area contributed by atoms with Crippen LogP contribution in [-0.2, 0) is 14.3 Å². The molecule has 1 unspecified atom stereocenters. The van der Waals surface area contributed by atoms with Gasteiger partial charge in [-0.3, -0.25) is 4.79 Å². The van der Waals surface area contributed by atoms with E-state index >= 15 is 0 Å². The summed E-state index contributed by atoms with van der Waals surface area (Å²) in [6, 6.07) is -0.812. The van der Waals surface area contributed by atoms with E-state index in [2.05, 4.69) is 5.32 Å². The van der Waals surface area contributed by atoms with E-state index in [0.29, 0.717) is 13.0 Å². The SMILES string of the molecule is CCCOCC(=O)NC(CC)C(=O)O. The molecule has 0 spiro atoms. The Bertz CT molecular complexity index is 193. The third-order valence-corrected chi connectivity index (χ3v) is 1.62. The first-order chi connectivity index (χ1) is 6.61. The number of carbonyl (C=O) groups is 2. The molecule has 82 valence electrons. The van der Waals surface area contributed by atoms with Crippen molar-refractivity contribution < 1.29 is 19.4 Å². The first-order valence-electron chi connectivity index (χ1n) is 4.71. The lowest BCUT2D eigenvalue weighted by Gasteiger charge is -2.11. The van der Waals surface area contributed by atoms with Gasteiger partial charge in [-0.05, 0) is 12.8 Å². The smallest absolute Gasteiger partial charge is 0.326 e. The minimum atomic E-state index is -1.02. The van der Waals surface area contributed by atoms with Crippen LogP contribution < -0.4 is 5.32 Å². The Labute approximate surface area is 83.4 Å². The van der Waals surface area contributed by atoms with Crippen LogP contribution >= 0.6 is 0 Å². The van der Waals surface area contributed by atoms with Gasteiger partial charge in [0.2, 0.25) is 5.91 Å². The summed E-state index contributed by atoms with van der Waals surface area (Å²) >= 11 is 0. The first kappa shape index (κ1) is 12.9. The molecule has 1 amide bonds. The number of rotatable bonds is 7. The maximum Gasteiger partial charge on any atom is 0.326 e. The summed E-state index contributed by atoms with van der Waals surface area (Å²) in [5.41, 5.74) is 0. The Kier molecular flexibility index (Phi) is 6.74. The fourth-order valence-corrected chi connectivity index (χ4v) is 0.884. The van der Waals surface area contributed by atoms with Gasteiger partial charge in [0.25, 0.3) is 0 Å². The van der Waals surface area contributed by atoms with Crippen molar-refractivity contribution in [3.63, 3.8) is 0 Å². The Morgan fingerprint density at radius 2 is 2.07 bits per heavy atom. The van der Waals surface area contributed by atoms with Crippen molar-refractivity contribution in [1.82, 2.24) is 5.32 Å². The van der Waals surface area contributed by atoms with Gasteiger partial charge >= 0.3 is 5.97 Å². The zero-order valence-corrected chi connectivity index (χ0v) is 8.58. The molecule has 2 N–H and O–H groups in total. The lowest BCUT2D eigenvalue weighted by Crippen LogP contribution is -2.42. The molecule has 0 aromatic rings. The number of carboxylic acids is 1. The molecule has 0 heterocycles. The zero-order valence-electron chi connectivity index (χ0n) is 8.58. The Morgan fingerprint density at radius 3 is 2.50 bits per heavy atom. The predicted molar refractivity (Wildman–Crippen MR) is 51.0 cm³/mol. The van der Waals surface area contributed by atoms with Crippen molar-refractivity contribution in [3.05, 3.63) is 0 Å². The highest BCUT2D eigenvalue weighted by atomic mass is 16.5. The van der Waals surface area contributed by atoms with Crippen LogP contribution in [0.3, 0.4) is 0 Å². The molecule has 0 aliphatic carbocycles. The highest BCUT2D eigenvalue weighted by Crippen LogP contribution is 1.91. The van der Waals surface area contributed by atoms with E-state index < -0.39 is 12.0 Å². The second-order valence-electron chi connectivity index (χ2n) is 2.92. The van der Waals surface area contributed by atoms with E-state index in [1.165, 1.54) is 0 Å². The van der Waals surface area contributed by atoms with Crippen molar-refractivity contribution >= 4 is 11.9 Å². The van der Waals surface area contributed by atoms with Crippen molar-refractivity contribution in [1.29, 1.82) is 0 Å². The van der Waals surface area contributed by atoms with Crippen LogP contribution in [0.15, 0.2) is 0 Å². The summed E-state index contributed by atoms with van der Waals surface area (Å²) in [4.78, 5) is 21.6. The van der Waals surface area contributed by atoms with Gasteiger partial charge in [0, 0.05) is 6.61 Å². The minimum absolute atomic E-state index is 0.0718. The average molecular weight is 203 g/mol. The Balaban J connectivity index is 3.74. The van der Waals surface area contributed by atoms with E-state index in [1.807, 2.05) is 6.92 Å². The van der Waals surface area contributed by atoms with Gasteiger partial charge in [0.05, 0.1) is 0 Å². The van der Waals surface area contributed by atoms with Gasteiger partial charge in [0.1, 0.15) is 12.6 Å². The second-order valence-corrected chi connectivity index (χ2v) is 2.92. The largest absolute Gasteiger partial charge is 0.480 e. The normalized spacial score (nSPS) is 12.1. The van der Waals surface area contributed by atoms with E-state index in [0.717, 1.165) is 6.42 Å². The molecule has 0 aliphatic heterocycles. The number of carbonyl (C=O) groups excluding carboxylic acids is 1. The summed E-state index contributed by atoms with van der Waals surface area (Å²) < 4.78 is 4.96. The average Bonchev–Trinajstić information content (AvgIpc) is 2.14. The monoisotopic (exact) mass is 203 g/mol. The van der Waals surface area contributed by atoms with Gasteiger partial charge in [0.15, 0.2) is 0 Å². The van der Waals surface area contributed by atoms with Gasteiger partial charge in [-0.15, -0.1) is 0 Å². The van der Waals surface area contributed by atoms with Gasteiger partial charge in [-0.2, -0.15) is 0 Å². The molecule has 0 aromatic heterocycles. The van der Waals surface area contributed by atoms with Crippen LogP contribution in [0.2, 0.25) is 0 Å². The maximum absolute atomic E-state index is 11.1. The first-order valence-corrected chi connectivity index (χ1v) is 4.71. The molecule has 5 heteroatoms. The number of aliphatic carboxylic acids is 1. The quantitative estimate of drug-likeness (QED) is 0.587. The fourth-order valence-electron chi connectivity index (χ4n) is 0.884. The third kappa shape index (κ3) is 5.53. The molecule has 0 rings (SSSR count). The second kappa shape index (κ2) is 7.32. The molecule has 0 aromatic carbocycles. The van der Waals surface area contributed by atoms with Gasteiger partial charge in [-0.25, -0.2) is 4.79 Å². The zero-order chi connectivity index (χ0) is 11.0. The Hall–Kier alpha value is -1.10. The van der Waals surface area contributed by atoms with Crippen LogP contribution in [0.4, 0.5) is 0 Å². The van der Waals surface area contributed by atoms with E-state index in [1.54, 1.807) is 6.92 Å². The molecule has 14 heavy (non-hydrogen) atoms. The summed E-state index contributed by atoms with van der Waals surface area (Å²) in [5.74, 6) is -1.40. The predicted octanol–water partition coefficient (Wildman–Crippen LogP) is 0.392. The van der Waals surface area contributed by atoms with Crippen LogP contribution in [0.5, 0.6) is 0 Å². The number of carboxylic acid groups (broad SMARTS) is 1.